The lowest BCUT2D eigenvalue weighted by atomic mass is 10.2. The third-order valence-corrected chi connectivity index (χ3v) is 5.98. The van der Waals surface area contributed by atoms with Crippen molar-refractivity contribution >= 4 is 27.5 Å². The van der Waals surface area contributed by atoms with Crippen molar-refractivity contribution in [3.05, 3.63) is 76.8 Å². The molecular formula is C24H22N2O5S. The van der Waals surface area contributed by atoms with Gasteiger partial charge in [-0.2, -0.15) is 0 Å². The Bertz CT molecular complexity index is 1280. The van der Waals surface area contributed by atoms with Gasteiger partial charge >= 0.3 is 5.97 Å². The van der Waals surface area contributed by atoms with Crippen molar-refractivity contribution in [2.24, 2.45) is 0 Å². The number of esters is 1. The average molecular weight is 451 g/mol. The van der Waals surface area contributed by atoms with Crippen LogP contribution in [0.3, 0.4) is 0 Å². The molecule has 0 aliphatic rings. The summed E-state index contributed by atoms with van der Waals surface area (Å²) in [7, 11) is 1.61. The number of hydrogen-bond acceptors (Lipinski definition) is 7. The predicted octanol–water partition coefficient (Wildman–Crippen LogP) is 4.06. The van der Waals surface area contributed by atoms with E-state index in [0.717, 1.165) is 21.8 Å². The summed E-state index contributed by atoms with van der Waals surface area (Å²) in [5.41, 5.74) is 2.43. The molecule has 4 aromatic rings. The Kier molecular flexibility index (Phi) is 6.51. The maximum Gasteiger partial charge on any atom is 0.326 e. The number of carbonyl (C=O) groups is 1. The van der Waals surface area contributed by atoms with E-state index in [1.807, 2.05) is 61.5 Å². The Labute approximate surface area is 188 Å². The second-order valence-corrected chi connectivity index (χ2v) is 8.17. The van der Waals surface area contributed by atoms with Gasteiger partial charge in [-0.25, -0.2) is 4.98 Å². The molecule has 0 amide bonds. The van der Waals surface area contributed by atoms with Crippen LogP contribution >= 0.6 is 11.3 Å². The number of nitrogens with zero attached hydrogens (tertiary/aromatic N) is 2. The normalized spacial score (nSPS) is 10.8. The highest BCUT2D eigenvalue weighted by molar-refractivity contribution is 7.22. The number of carbonyl (C=O) groups excluding carboxylic acids is 1. The van der Waals surface area contributed by atoms with Crippen LogP contribution in [0.1, 0.15) is 5.56 Å². The quantitative estimate of drug-likeness (QED) is 0.297. The highest BCUT2D eigenvalue weighted by atomic mass is 32.1. The summed E-state index contributed by atoms with van der Waals surface area (Å²) >= 11 is 1.34. The predicted molar refractivity (Wildman–Crippen MR) is 124 cm³/mol. The first-order valence-electron chi connectivity index (χ1n) is 10.0. The molecule has 0 bridgehead atoms. The molecular weight excluding hydrogens is 428 g/mol. The van der Waals surface area contributed by atoms with Gasteiger partial charge in [-0.3, -0.25) is 14.2 Å². The summed E-state index contributed by atoms with van der Waals surface area (Å²) in [6.45, 7) is 2.12. The van der Waals surface area contributed by atoms with Crippen molar-refractivity contribution in [2.75, 3.05) is 20.3 Å². The molecule has 4 rings (SSSR count). The molecule has 8 heteroatoms. The van der Waals surface area contributed by atoms with E-state index in [4.69, 9.17) is 14.2 Å². The zero-order chi connectivity index (χ0) is 22.5. The van der Waals surface area contributed by atoms with Crippen molar-refractivity contribution in [3.8, 4) is 21.9 Å². The molecule has 7 nitrogen and oxygen atoms in total. The summed E-state index contributed by atoms with van der Waals surface area (Å²) in [6.07, 6.45) is 1.37. The van der Waals surface area contributed by atoms with Crippen LogP contribution in [0, 0.1) is 6.92 Å². The molecule has 32 heavy (non-hydrogen) atoms. The minimum absolute atomic E-state index is 0.0950. The lowest BCUT2D eigenvalue weighted by Gasteiger charge is -2.08. The first-order chi connectivity index (χ1) is 15.5. The molecule has 0 radical (unpaired) electrons. The van der Waals surface area contributed by atoms with Gasteiger partial charge in [-0.1, -0.05) is 17.7 Å². The first-order valence-corrected chi connectivity index (χ1v) is 10.8. The van der Waals surface area contributed by atoms with Gasteiger partial charge in [-0.05, 0) is 55.0 Å². The third kappa shape index (κ3) is 4.97. The van der Waals surface area contributed by atoms with Crippen molar-refractivity contribution in [1.82, 2.24) is 9.55 Å². The molecule has 2 aromatic carbocycles. The third-order valence-electron chi connectivity index (χ3n) is 4.81. The summed E-state index contributed by atoms with van der Waals surface area (Å²) in [6, 6.07) is 17.1. The van der Waals surface area contributed by atoms with E-state index < -0.39 is 5.97 Å². The molecule has 0 aliphatic heterocycles. The van der Waals surface area contributed by atoms with E-state index in [2.05, 4.69) is 4.98 Å². The molecule has 2 aromatic heterocycles. The lowest BCUT2D eigenvalue weighted by Crippen LogP contribution is -2.26. The zero-order valence-corrected chi connectivity index (χ0v) is 18.6. The molecule has 164 valence electrons. The van der Waals surface area contributed by atoms with Gasteiger partial charge in [0, 0.05) is 4.88 Å². The molecule has 2 heterocycles. The minimum atomic E-state index is -0.521. The molecule has 0 saturated heterocycles. The monoisotopic (exact) mass is 450 g/mol. The van der Waals surface area contributed by atoms with Crippen molar-refractivity contribution < 1.29 is 19.0 Å². The van der Waals surface area contributed by atoms with Crippen LogP contribution in [0.2, 0.25) is 0 Å². The van der Waals surface area contributed by atoms with Crippen LogP contribution < -0.4 is 15.0 Å². The van der Waals surface area contributed by atoms with E-state index in [0.29, 0.717) is 16.0 Å². The van der Waals surface area contributed by atoms with Gasteiger partial charge in [0.1, 0.15) is 36.0 Å². The molecule has 0 fully saturated rings. The first kappa shape index (κ1) is 21.6. The molecule has 0 saturated carbocycles. The fourth-order valence-corrected chi connectivity index (χ4v) is 4.15. The second-order valence-electron chi connectivity index (χ2n) is 7.11. The van der Waals surface area contributed by atoms with Gasteiger partial charge in [0.2, 0.25) is 0 Å². The van der Waals surface area contributed by atoms with Crippen LogP contribution in [0.15, 0.2) is 65.7 Å². The van der Waals surface area contributed by atoms with E-state index in [1.54, 1.807) is 7.11 Å². The van der Waals surface area contributed by atoms with Crippen LogP contribution in [0.25, 0.3) is 20.7 Å². The average Bonchev–Trinajstić information content (AvgIpc) is 3.25. The Hall–Kier alpha value is -3.65. The topological polar surface area (TPSA) is 79.7 Å². The SMILES string of the molecule is COc1ccc(-c2cc3ncn(CC(=O)OCCOc4ccc(C)cc4)c(=O)c3s2)cc1. The Morgan fingerprint density at radius 3 is 2.47 bits per heavy atom. The summed E-state index contributed by atoms with van der Waals surface area (Å²) in [5, 5.41) is 0. The zero-order valence-electron chi connectivity index (χ0n) is 17.7. The van der Waals surface area contributed by atoms with Crippen LogP contribution in [0.5, 0.6) is 11.5 Å². The van der Waals surface area contributed by atoms with Crippen LogP contribution in [0.4, 0.5) is 0 Å². The molecule has 0 unspecified atom stereocenters. The van der Waals surface area contributed by atoms with E-state index in [-0.39, 0.29) is 25.3 Å². The highest BCUT2D eigenvalue weighted by Gasteiger charge is 2.13. The number of aromatic nitrogens is 2. The fraction of sp³-hybridized carbons (Fsp3) is 0.208. The summed E-state index contributed by atoms with van der Waals surface area (Å²) in [5.74, 6) is 0.952. The second kappa shape index (κ2) is 9.65. The number of hydrogen-bond donors (Lipinski definition) is 0. The number of benzene rings is 2. The standard InChI is InChI=1S/C24H22N2O5S/c1-16-3-7-19(8-4-16)30-11-12-31-22(27)14-26-15-25-20-13-21(32-23(20)24(26)28)17-5-9-18(29-2)10-6-17/h3-10,13,15H,11-12,14H2,1-2H3. The van der Waals surface area contributed by atoms with Gasteiger partial charge in [0.25, 0.3) is 5.56 Å². The molecule has 0 spiro atoms. The van der Waals surface area contributed by atoms with Gasteiger partial charge in [-0.15, -0.1) is 11.3 Å². The lowest BCUT2D eigenvalue weighted by molar-refractivity contribution is -0.145. The minimum Gasteiger partial charge on any atom is -0.497 e. The van der Waals surface area contributed by atoms with E-state index >= 15 is 0 Å². The summed E-state index contributed by atoms with van der Waals surface area (Å²) < 4.78 is 17.7. The maximum atomic E-state index is 12.8. The number of thiophene rings is 1. The van der Waals surface area contributed by atoms with E-state index in [9.17, 15) is 9.59 Å². The number of fused-ring (bicyclic) bond motifs is 1. The Balaban J connectivity index is 1.38. The van der Waals surface area contributed by atoms with Crippen molar-refractivity contribution in [2.45, 2.75) is 13.5 Å². The Morgan fingerprint density at radius 1 is 1.03 bits per heavy atom. The summed E-state index contributed by atoms with van der Waals surface area (Å²) in [4.78, 5) is 30.3. The Morgan fingerprint density at radius 2 is 1.75 bits per heavy atom. The van der Waals surface area contributed by atoms with Gasteiger partial charge in [0.05, 0.1) is 19.0 Å². The smallest absolute Gasteiger partial charge is 0.326 e. The number of methoxy groups -OCH3 is 1. The van der Waals surface area contributed by atoms with Crippen molar-refractivity contribution in [3.63, 3.8) is 0 Å². The number of rotatable bonds is 8. The molecule has 0 N–H and O–H groups in total. The molecule has 0 aliphatic carbocycles. The fourth-order valence-electron chi connectivity index (χ4n) is 3.09. The number of aryl methyl sites for hydroxylation is 1. The van der Waals surface area contributed by atoms with E-state index in [1.165, 1.54) is 22.2 Å². The van der Waals surface area contributed by atoms with Gasteiger partial charge in [0.15, 0.2) is 0 Å². The molecule has 0 atom stereocenters. The van der Waals surface area contributed by atoms with Crippen LogP contribution in [-0.4, -0.2) is 35.8 Å². The maximum absolute atomic E-state index is 12.8. The van der Waals surface area contributed by atoms with Crippen molar-refractivity contribution in [1.29, 1.82) is 0 Å². The highest BCUT2D eigenvalue weighted by Crippen LogP contribution is 2.31. The van der Waals surface area contributed by atoms with Crippen LogP contribution in [-0.2, 0) is 16.1 Å². The number of ether oxygens (including phenoxy) is 3. The largest absolute Gasteiger partial charge is 0.497 e. The van der Waals surface area contributed by atoms with Gasteiger partial charge < -0.3 is 14.2 Å².